The van der Waals surface area contributed by atoms with Crippen LogP contribution in [-0.2, 0) is 13.1 Å². The molecule has 0 N–H and O–H groups in total. The van der Waals surface area contributed by atoms with Gasteiger partial charge in [0.2, 0.25) is 0 Å². The highest BCUT2D eigenvalue weighted by Crippen LogP contribution is 2.30. The molecule has 4 nitrogen and oxygen atoms in total. The van der Waals surface area contributed by atoms with Gasteiger partial charge < -0.3 is 0 Å². The van der Waals surface area contributed by atoms with E-state index in [4.69, 9.17) is 0 Å². The molecule has 0 amide bonds. The molecule has 3 aliphatic heterocycles. The Labute approximate surface area is 167 Å². The first-order valence-corrected chi connectivity index (χ1v) is 10.4. The van der Waals surface area contributed by atoms with Crippen molar-refractivity contribution in [3.8, 4) is 5.69 Å². The molecule has 0 aliphatic carbocycles. The van der Waals surface area contributed by atoms with E-state index in [2.05, 4.69) is 69.5 Å². The van der Waals surface area contributed by atoms with Gasteiger partial charge in [0.05, 0.1) is 5.69 Å². The van der Waals surface area contributed by atoms with E-state index in [-0.39, 0.29) is 0 Å². The Kier molecular flexibility index (Phi) is 4.98. The van der Waals surface area contributed by atoms with Gasteiger partial charge in [-0.25, -0.2) is 4.68 Å². The zero-order valence-electron chi connectivity index (χ0n) is 16.3. The predicted octanol–water partition coefficient (Wildman–Crippen LogP) is 3.97. The molecule has 2 aromatic carbocycles. The molecule has 6 rings (SSSR count). The lowest BCUT2D eigenvalue weighted by atomic mass is 9.94. The standard InChI is InChI=1S/C24H28N4/c1-2-5-20(6-3-1)15-26-16-22-9-12-24(19-26)27(18-22)17-21-7-10-23(11-8-21)28-14-4-13-25-28/h1-8,10-11,13-14,22,24H,9,12,15-19H2/t22-,24+/m0/s1. The third-order valence-electron chi connectivity index (χ3n) is 6.24. The summed E-state index contributed by atoms with van der Waals surface area (Å²) in [4.78, 5) is 5.40. The van der Waals surface area contributed by atoms with Gasteiger partial charge in [-0.1, -0.05) is 42.5 Å². The molecule has 3 fully saturated rings. The predicted molar refractivity (Wildman–Crippen MR) is 112 cm³/mol. The first kappa shape index (κ1) is 17.7. The third kappa shape index (κ3) is 3.89. The number of rotatable bonds is 5. The van der Waals surface area contributed by atoms with Crippen LogP contribution in [-0.4, -0.2) is 45.3 Å². The van der Waals surface area contributed by atoms with E-state index in [1.54, 1.807) is 0 Å². The van der Waals surface area contributed by atoms with E-state index in [1.165, 1.54) is 43.6 Å². The summed E-state index contributed by atoms with van der Waals surface area (Å²) >= 11 is 0. The maximum Gasteiger partial charge on any atom is 0.0645 e. The summed E-state index contributed by atoms with van der Waals surface area (Å²) in [5.74, 6) is 0.797. The maximum absolute atomic E-state index is 4.32. The van der Waals surface area contributed by atoms with Crippen LogP contribution in [0.3, 0.4) is 0 Å². The summed E-state index contributed by atoms with van der Waals surface area (Å²) in [5.41, 5.74) is 3.96. The average molecular weight is 373 g/mol. The first-order valence-electron chi connectivity index (χ1n) is 10.4. The Balaban J connectivity index is 1.25. The van der Waals surface area contributed by atoms with Crippen molar-refractivity contribution in [2.75, 3.05) is 19.6 Å². The van der Waals surface area contributed by atoms with Gasteiger partial charge in [0, 0.05) is 51.2 Å². The number of fused-ring (bicyclic) bond motifs is 4. The lowest BCUT2D eigenvalue weighted by Crippen LogP contribution is -2.43. The normalized spacial score (nSPS) is 23.0. The lowest BCUT2D eigenvalue weighted by Gasteiger charge is -2.36. The SMILES string of the molecule is c1ccc(CN2C[C@@H]3CC[C@H](C2)N(Cc2ccc(-n4cccn4)cc2)C3)cc1. The number of hydrogen-bond acceptors (Lipinski definition) is 3. The van der Waals surface area contributed by atoms with Crippen molar-refractivity contribution in [2.45, 2.75) is 32.0 Å². The van der Waals surface area contributed by atoms with Crippen LogP contribution in [0.2, 0.25) is 0 Å². The molecule has 2 atom stereocenters. The molecule has 3 aromatic rings. The fourth-order valence-corrected chi connectivity index (χ4v) is 4.85. The average Bonchev–Trinajstić information content (AvgIpc) is 3.13. The molecule has 0 saturated carbocycles. The van der Waals surface area contributed by atoms with Gasteiger partial charge in [0.1, 0.15) is 0 Å². The summed E-state index contributed by atoms with van der Waals surface area (Å²) < 4.78 is 1.92. The second-order valence-corrected chi connectivity index (χ2v) is 8.32. The number of hydrogen-bond donors (Lipinski definition) is 0. The zero-order valence-corrected chi connectivity index (χ0v) is 16.3. The number of piperidine rings is 1. The molecule has 3 aliphatic rings. The highest BCUT2D eigenvalue weighted by atomic mass is 15.3. The molecule has 4 heteroatoms. The molecular weight excluding hydrogens is 344 g/mol. The van der Waals surface area contributed by atoms with Crippen molar-refractivity contribution >= 4 is 0 Å². The number of aromatic nitrogens is 2. The van der Waals surface area contributed by atoms with Gasteiger partial charge >= 0.3 is 0 Å². The Hall–Kier alpha value is -2.43. The van der Waals surface area contributed by atoms with Crippen molar-refractivity contribution in [2.24, 2.45) is 5.92 Å². The van der Waals surface area contributed by atoms with Gasteiger partial charge in [-0.3, -0.25) is 9.80 Å². The first-order chi connectivity index (χ1) is 13.8. The summed E-state index contributed by atoms with van der Waals surface area (Å²) in [6.07, 6.45) is 6.53. The van der Waals surface area contributed by atoms with Gasteiger partial charge in [0.25, 0.3) is 0 Å². The third-order valence-corrected chi connectivity index (χ3v) is 6.24. The Morgan fingerprint density at radius 2 is 1.61 bits per heavy atom. The topological polar surface area (TPSA) is 24.3 Å². The van der Waals surface area contributed by atoms with E-state index in [1.807, 2.05) is 23.1 Å². The minimum atomic E-state index is 0.674. The molecule has 0 radical (unpaired) electrons. The second kappa shape index (κ2) is 7.90. The Morgan fingerprint density at radius 3 is 2.39 bits per heavy atom. The lowest BCUT2D eigenvalue weighted by molar-refractivity contribution is 0.123. The fraction of sp³-hybridized carbons (Fsp3) is 0.375. The highest BCUT2D eigenvalue weighted by Gasteiger charge is 2.34. The summed E-state index contributed by atoms with van der Waals surface area (Å²) in [5, 5.41) is 4.32. The van der Waals surface area contributed by atoms with Crippen LogP contribution in [0, 0.1) is 5.92 Å². The molecule has 2 bridgehead atoms. The van der Waals surface area contributed by atoms with Gasteiger partial charge in [-0.15, -0.1) is 0 Å². The van der Waals surface area contributed by atoms with E-state index >= 15 is 0 Å². The van der Waals surface area contributed by atoms with Crippen LogP contribution in [0.25, 0.3) is 5.69 Å². The van der Waals surface area contributed by atoms with E-state index in [9.17, 15) is 0 Å². The Bertz CT molecular complexity index is 873. The number of benzene rings is 2. The van der Waals surface area contributed by atoms with Crippen molar-refractivity contribution in [3.63, 3.8) is 0 Å². The van der Waals surface area contributed by atoms with E-state index in [0.717, 1.165) is 24.7 Å². The molecule has 28 heavy (non-hydrogen) atoms. The Morgan fingerprint density at radius 1 is 0.786 bits per heavy atom. The van der Waals surface area contributed by atoms with E-state index in [0.29, 0.717) is 6.04 Å². The molecule has 1 aromatic heterocycles. The molecular formula is C24H28N4. The van der Waals surface area contributed by atoms with Crippen molar-refractivity contribution in [3.05, 3.63) is 84.2 Å². The largest absolute Gasteiger partial charge is 0.297 e. The molecule has 0 unspecified atom stereocenters. The maximum atomic E-state index is 4.32. The minimum absolute atomic E-state index is 0.674. The highest BCUT2D eigenvalue weighted by molar-refractivity contribution is 5.33. The molecule has 4 heterocycles. The van der Waals surface area contributed by atoms with Crippen LogP contribution in [0.5, 0.6) is 0 Å². The van der Waals surface area contributed by atoms with Gasteiger partial charge in [0.15, 0.2) is 0 Å². The molecule has 0 spiro atoms. The van der Waals surface area contributed by atoms with Crippen molar-refractivity contribution in [1.82, 2.24) is 19.6 Å². The van der Waals surface area contributed by atoms with E-state index < -0.39 is 0 Å². The van der Waals surface area contributed by atoms with Crippen LogP contribution in [0.15, 0.2) is 73.1 Å². The zero-order chi connectivity index (χ0) is 18.8. The summed E-state index contributed by atoms with van der Waals surface area (Å²) in [6, 6.07) is 22.4. The van der Waals surface area contributed by atoms with Crippen molar-refractivity contribution in [1.29, 1.82) is 0 Å². The molecule has 3 saturated heterocycles. The smallest absolute Gasteiger partial charge is 0.0645 e. The second-order valence-electron chi connectivity index (χ2n) is 8.32. The quantitative estimate of drug-likeness (QED) is 0.677. The number of nitrogens with zero attached hydrogens (tertiary/aromatic N) is 4. The monoisotopic (exact) mass is 372 g/mol. The van der Waals surface area contributed by atoms with Crippen LogP contribution < -0.4 is 0 Å². The summed E-state index contributed by atoms with van der Waals surface area (Å²) in [7, 11) is 0. The minimum Gasteiger partial charge on any atom is -0.297 e. The van der Waals surface area contributed by atoms with Gasteiger partial charge in [-0.05, 0) is 48.1 Å². The van der Waals surface area contributed by atoms with Gasteiger partial charge in [-0.2, -0.15) is 5.10 Å². The van der Waals surface area contributed by atoms with Crippen LogP contribution in [0.1, 0.15) is 24.0 Å². The van der Waals surface area contributed by atoms with Crippen LogP contribution in [0.4, 0.5) is 0 Å². The van der Waals surface area contributed by atoms with Crippen LogP contribution >= 0.6 is 0 Å². The molecule has 144 valence electrons. The summed E-state index contributed by atoms with van der Waals surface area (Å²) in [6.45, 7) is 5.80. The fourth-order valence-electron chi connectivity index (χ4n) is 4.85. The van der Waals surface area contributed by atoms with Crippen molar-refractivity contribution < 1.29 is 0 Å².